The number of methoxy groups -OCH3 is 1. The second kappa shape index (κ2) is 7.49. The molecular weight excluding hydrogens is 280 g/mol. The van der Waals surface area contributed by atoms with E-state index >= 15 is 0 Å². The first kappa shape index (κ1) is 16.6. The van der Waals surface area contributed by atoms with Crippen LogP contribution in [0.1, 0.15) is 36.8 Å². The summed E-state index contributed by atoms with van der Waals surface area (Å²) in [4.78, 5) is 13.5. The van der Waals surface area contributed by atoms with Crippen molar-refractivity contribution in [2.75, 3.05) is 27.2 Å². The summed E-state index contributed by atoms with van der Waals surface area (Å²) in [6.07, 6.45) is 2.77. The van der Waals surface area contributed by atoms with Crippen LogP contribution < -0.4 is 10.1 Å². The number of carbonyl (C=O) groups excluding carboxylic acids is 1. The van der Waals surface area contributed by atoms with E-state index in [2.05, 4.69) is 17.4 Å². The molecule has 0 radical (unpaired) electrons. The number of amides is 2. The molecule has 22 heavy (non-hydrogen) atoms. The number of fused-ring (bicyclic) bond motifs is 1. The molecule has 1 aromatic carbocycles. The predicted molar refractivity (Wildman–Crippen MR) is 86.4 cm³/mol. The molecule has 0 saturated heterocycles. The number of hydrogen-bond donors (Lipinski definition) is 2. The quantitative estimate of drug-likeness (QED) is 0.876. The summed E-state index contributed by atoms with van der Waals surface area (Å²) in [5, 5.41) is 12.3. The molecule has 1 aliphatic rings. The third kappa shape index (κ3) is 4.13. The summed E-state index contributed by atoms with van der Waals surface area (Å²) in [5.74, 6) is 1.23. The average Bonchev–Trinajstić information content (AvgIpc) is 2.51. The van der Waals surface area contributed by atoms with Gasteiger partial charge in [0.05, 0.1) is 13.2 Å². The Morgan fingerprint density at radius 1 is 1.55 bits per heavy atom. The zero-order valence-corrected chi connectivity index (χ0v) is 13.6. The molecule has 2 N–H and O–H groups in total. The molecule has 1 aromatic rings. The maximum atomic E-state index is 12.0. The third-order valence-electron chi connectivity index (χ3n) is 4.17. The summed E-state index contributed by atoms with van der Waals surface area (Å²) in [7, 11) is 3.38. The van der Waals surface area contributed by atoms with Crippen LogP contribution in [0.3, 0.4) is 0 Å². The topological polar surface area (TPSA) is 61.8 Å². The maximum Gasteiger partial charge on any atom is 0.317 e. The van der Waals surface area contributed by atoms with Crippen molar-refractivity contribution in [3.05, 3.63) is 29.3 Å². The molecule has 2 rings (SSSR count). The number of aliphatic hydroxyl groups excluding tert-OH is 1. The minimum absolute atomic E-state index is 0.137. The summed E-state index contributed by atoms with van der Waals surface area (Å²) >= 11 is 0. The Kier molecular flexibility index (Phi) is 5.66. The van der Waals surface area contributed by atoms with Gasteiger partial charge in [0.2, 0.25) is 0 Å². The maximum absolute atomic E-state index is 12.0. The molecule has 0 bridgehead atoms. The molecule has 122 valence electrons. The standard InChI is InChI=1S/C17H26N2O3/c1-12(20)11-19(2)17(21)18-10-14-6-4-5-13-9-15(22-3)7-8-16(13)14/h7-9,12,14,20H,4-6,10-11H2,1-3H3,(H,18,21). The highest BCUT2D eigenvalue weighted by Gasteiger charge is 2.22. The molecule has 5 nitrogen and oxygen atoms in total. The van der Waals surface area contributed by atoms with Gasteiger partial charge in [0.25, 0.3) is 0 Å². The molecular formula is C17H26N2O3. The molecule has 2 atom stereocenters. The van der Waals surface area contributed by atoms with Crippen LogP contribution in [0, 0.1) is 0 Å². The van der Waals surface area contributed by atoms with E-state index in [1.807, 2.05) is 6.07 Å². The Labute approximate surface area is 132 Å². The Bertz CT molecular complexity index is 517. The van der Waals surface area contributed by atoms with Gasteiger partial charge in [-0.1, -0.05) is 6.07 Å². The number of nitrogens with one attached hydrogen (secondary N) is 1. The van der Waals surface area contributed by atoms with Gasteiger partial charge < -0.3 is 20.1 Å². The monoisotopic (exact) mass is 306 g/mol. The number of carbonyl (C=O) groups is 1. The molecule has 1 aliphatic carbocycles. The van der Waals surface area contributed by atoms with Crippen LogP contribution in [-0.2, 0) is 6.42 Å². The summed E-state index contributed by atoms with van der Waals surface area (Å²) in [6.45, 7) is 2.64. The van der Waals surface area contributed by atoms with Crippen LogP contribution >= 0.6 is 0 Å². The molecule has 0 saturated carbocycles. The van der Waals surface area contributed by atoms with Crippen molar-refractivity contribution in [3.63, 3.8) is 0 Å². The van der Waals surface area contributed by atoms with Gasteiger partial charge in [-0.2, -0.15) is 0 Å². The van der Waals surface area contributed by atoms with Crippen molar-refractivity contribution in [1.29, 1.82) is 0 Å². The highest BCUT2D eigenvalue weighted by atomic mass is 16.5. The molecule has 0 heterocycles. The normalized spacial score (nSPS) is 18.3. The number of urea groups is 1. The average molecular weight is 306 g/mol. The van der Waals surface area contributed by atoms with Crippen LogP contribution in [0.2, 0.25) is 0 Å². The molecule has 0 fully saturated rings. The van der Waals surface area contributed by atoms with E-state index in [0.29, 0.717) is 19.0 Å². The lowest BCUT2D eigenvalue weighted by Gasteiger charge is -2.27. The van der Waals surface area contributed by atoms with E-state index in [4.69, 9.17) is 4.74 Å². The molecule has 5 heteroatoms. The first-order chi connectivity index (χ1) is 10.5. The highest BCUT2D eigenvalue weighted by molar-refractivity contribution is 5.73. The Hall–Kier alpha value is -1.75. The van der Waals surface area contributed by atoms with Gasteiger partial charge in [0.1, 0.15) is 5.75 Å². The Balaban J connectivity index is 1.96. The van der Waals surface area contributed by atoms with Crippen LogP contribution in [0.4, 0.5) is 4.79 Å². The van der Waals surface area contributed by atoms with E-state index in [0.717, 1.165) is 25.0 Å². The highest BCUT2D eigenvalue weighted by Crippen LogP contribution is 2.33. The van der Waals surface area contributed by atoms with E-state index < -0.39 is 6.10 Å². The summed E-state index contributed by atoms with van der Waals surface area (Å²) < 4.78 is 5.28. The Morgan fingerprint density at radius 2 is 2.32 bits per heavy atom. The first-order valence-corrected chi connectivity index (χ1v) is 7.85. The van der Waals surface area contributed by atoms with Crippen molar-refractivity contribution in [1.82, 2.24) is 10.2 Å². The van der Waals surface area contributed by atoms with Gasteiger partial charge in [-0.3, -0.25) is 0 Å². The minimum atomic E-state index is -0.515. The molecule has 0 spiro atoms. The lowest BCUT2D eigenvalue weighted by Crippen LogP contribution is -2.42. The molecule has 2 amide bonds. The first-order valence-electron chi connectivity index (χ1n) is 7.85. The lowest BCUT2D eigenvalue weighted by molar-refractivity contribution is 0.143. The number of aryl methyl sites for hydroxylation is 1. The van der Waals surface area contributed by atoms with E-state index in [-0.39, 0.29) is 6.03 Å². The Morgan fingerprint density at radius 3 is 3.00 bits per heavy atom. The number of rotatable bonds is 5. The number of likely N-dealkylation sites (N-methyl/N-ethyl adjacent to an activating group) is 1. The predicted octanol–water partition coefficient (Wildman–Crippen LogP) is 2.14. The second-order valence-corrected chi connectivity index (χ2v) is 6.07. The fraction of sp³-hybridized carbons (Fsp3) is 0.588. The smallest absolute Gasteiger partial charge is 0.317 e. The number of hydrogen-bond acceptors (Lipinski definition) is 3. The van der Waals surface area contributed by atoms with Crippen molar-refractivity contribution >= 4 is 6.03 Å². The van der Waals surface area contributed by atoms with Crippen molar-refractivity contribution in [2.45, 2.75) is 38.2 Å². The van der Waals surface area contributed by atoms with Crippen molar-refractivity contribution < 1.29 is 14.6 Å². The van der Waals surface area contributed by atoms with Crippen LogP contribution in [0.5, 0.6) is 5.75 Å². The van der Waals surface area contributed by atoms with Gasteiger partial charge in [0, 0.05) is 26.1 Å². The zero-order chi connectivity index (χ0) is 16.1. The summed E-state index contributed by atoms with van der Waals surface area (Å²) in [5.41, 5.74) is 2.63. The molecule has 0 aromatic heterocycles. The van der Waals surface area contributed by atoms with Gasteiger partial charge in [-0.15, -0.1) is 0 Å². The second-order valence-electron chi connectivity index (χ2n) is 6.07. The SMILES string of the molecule is COc1ccc2c(c1)CCCC2CNC(=O)N(C)CC(C)O. The number of aliphatic hydroxyl groups is 1. The van der Waals surface area contributed by atoms with E-state index in [9.17, 15) is 9.90 Å². The van der Waals surface area contributed by atoms with E-state index in [1.54, 1.807) is 21.1 Å². The fourth-order valence-electron chi connectivity index (χ4n) is 3.06. The van der Waals surface area contributed by atoms with Crippen molar-refractivity contribution in [3.8, 4) is 5.75 Å². The van der Waals surface area contributed by atoms with Crippen LogP contribution in [0.25, 0.3) is 0 Å². The third-order valence-corrected chi connectivity index (χ3v) is 4.17. The van der Waals surface area contributed by atoms with Gasteiger partial charge in [-0.05, 0) is 49.4 Å². The fourth-order valence-corrected chi connectivity index (χ4v) is 3.06. The van der Waals surface area contributed by atoms with Gasteiger partial charge in [0.15, 0.2) is 0 Å². The van der Waals surface area contributed by atoms with Crippen LogP contribution in [-0.4, -0.2) is 49.4 Å². The molecule has 2 unspecified atom stereocenters. The number of ether oxygens (including phenoxy) is 1. The zero-order valence-electron chi connectivity index (χ0n) is 13.6. The van der Waals surface area contributed by atoms with Gasteiger partial charge in [-0.25, -0.2) is 4.79 Å². The van der Waals surface area contributed by atoms with Crippen molar-refractivity contribution in [2.24, 2.45) is 0 Å². The molecule has 0 aliphatic heterocycles. The van der Waals surface area contributed by atoms with Gasteiger partial charge >= 0.3 is 6.03 Å². The summed E-state index contributed by atoms with van der Waals surface area (Å²) in [6, 6.07) is 6.06. The van der Waals surface area contributed by atoms with Crippen LogP contribution in [0.15, 0.2) is 18.2 Å². The number of nitrogens with zero attached hydrogens (tertiary/aromatic N) is 1. The van der Waals surface area contributed by atoms with E-state index in [1.165, 1.54) is 16.0 Å². The largest absolute Gasteiger partial charge is 0.497 e. The minimum Gasteiger partial charge on any atom is -0.497 e. The number of benzene rings is 1. The lowest BCUT2D eigenvalue weighted by atomic mass is 9.82.